The third kappa shape index (κ3) is 4.81. The number of hydrogen-bond donors (Lipinski definition) is 1. The first kappa shape index (κ1) is 17.0. The lowest BCUT2D eigenvalue weighted by Gasteiger charge is -2.28. The first-order chi connectivity index (χ1) is 11.7. The van der Waals surface area contributed by atoms with Crippen molar-refractivity contribution in [2.75, 3.05) is 43.1 Å². The van der Waals surface area contributed by atoms with Crippen molar-refractivity contribution in [3.8, 4) is 5.75 Å². The van der Waals surface area contributed by atoms with Crippen molar-refractivity contribution in [1.29, 1.82) is 0 Å². The lowest BCUT2D eigenvalue weighted by Crippen LogP contribution is -2.36. The summed E-state index contributed by atoms with van der Waals surface area (Å²) in [6.07, 6.45) is 1.76. The van der Waals surface area contributed by atoms with Gasteiger partial charge >= 0.3 is 0 Å². The monoisotopic (exact) mass is 439 g/mol. The Balaban J connectivity index is 1.49. The van der Waals surface area contributed by atoms with Gasteiger partial charge in [-0.2, -0.15) is 0 Å². The second kappa shape index (κ2) is 8.29. The number of hydrogen-bond acceptors (Lipinski definition) is 5. The van der Waals surface area contributed by atoms with Gasteiger partial charge in [-0.25, -0.2) is 4.98 Å². The Morgan fingerprint density at radius 1 is 1.21 bits per heavy atom. The van der Waals surface area contributed by atoms with Crippen molar-refractivity contribution in [3.63, 3.8) is 0 Å². The molecular weight excluding hydrogens is 421 g/mol. The van der Waals surface area contributed by atoms with E-state index in [9.17, 15) is 4.79 Å². The van der Waals surface area contributed by atoms with Crippen LogP contribution in [-0.2, 0) is 9.53 Å². The van der Waals surface area contributed by atoms with Crippen molar-refractivity contribution >= 4 is 40.0 Å². The predicted octanol–water partition coefficient (Wildman–Crippen LogP) is 2.54. The number of carbonyl (C=O) groups excluding carboxylic acids is 1. The summed E-state index contributed by atoms with van der Waals surface area (Å²) >= 11 is 2.22. The van der Waals surface area contributed by atoms with E-state index in [1.54, 1.807) is 12.3 Å². The normalized spacial score (nSPS) is 14.3. The van der Waals surface area contributed by atoms with Gasteiger partial charge in [0.15, 0.2) is 6.61 Å². The van der Waals surface area contributed by atoms with Gasteiger partial charge in [-0.1, -0.05) is 0 Å². The Morgan fingerprint density at radius 2 is 1.96 bits per heavy atom. The standard InChI is InChI=1S/C17H18IN3O3/c18-13-1-4-15(5-2-13)24-12-17(22)20-16-6-3-14(11-19-16)21-7-9-23-10-8-21/h1-6,11H,7-10,12H2,(H,19,20,22). The number of nitrogens with one attached hydrogen (secondary N) is 1. The van der Waals surface area contributed by atoms with Crippen molar-refractivity contribution in [2.24, 2.45) is 0 Å². The number of aromatic nitrogens is 1. The number of carbonyl (C=O) groups is 1. The van der Waals surface area contributed by atoms with E-state index in [1.807, 2.05) is 30.3 Å². The van der Waals surface area contributed by atoms with Gasteiger partial charge in [0, 0.05) is 16.7 Å². The number of nitrogens with zero attached hydrogens (tertiary/aromatic N) is 2. The number of benzene rings is 1. The molecule has 0 unspecified atom stereocenters. The fourth-order valence-electron chi connectivity index (χ4n) is 2.33. The molecule has 1 fully saturated rings. The van der Waals surface area contributed by atoms with Gasteiger partial charge in [0.25, 0.3) is 5.91 Å². The average molecular weight is 439 g/mol. The van der Waals surface area contributed by atoms with Crippen LogP contribution in [0.25, 0.3) is 0 Å². The summed E-state index contributed by atoms with van der Waals surface area (Å²) in [5, 5.41) is 2.73. The molecule has 1 N–H and O–H groups in total. The summed E-state index contributed by atoms with van der Waals surface area (Å²) in [7, 11) is 0. The number of ether oxygens (including phenoxy) is 2. The molecule has 2 aromatic rings. The number of halogens is 1. The van der Waals surface area contributed by atoms with Gasteiger partial charge in [0.05, 0.1) is 25.1 Å². The van der Waals surface area contributed by atoms with E-state index in [4.69, 9.17) is 9.47 Å². The molecule has 1 aliphatic heterocycles. The first-order valence-electron chi connectivity index (χ1n) is 7.68. The van der Waals surface area contributed by atoms with Crippen LogP contribution in [-0.4, -0.2) is 43.8 Å². The molecule has 24 heavy (non-hydrogen) atoms. The van der Waals surface area contributed by atoms with Crippen molar-refractivity contribution in [2.45, 2.75) is 0 Å². The molecule has 2 heterocycles. The lowest BCUT2D eigenvalue weighted by atomic mass is 10.3. The predicted molar refractivity (Wildman–Crippen MR) is 101 cm³/mol. The molecule has 0 atom stereocenters. The molecular formula is C17H18IN3O3. The minimum Gasteiger partial charge on any atom is -0.484 e. The molecule has 0 radical (unpaired) electrons. The zero-order valence-electron chi connectivity index (χ0n) is 13.1. The minimum atomic E-state index is -0.236. The van der Waals surface area contributed by atoms with E-state index in [0.717, 1.165) is 35.6 Å². The minimum absolute atomic E-state index is 0.0481. The van der Waals surface area contributed by atoms with Gasteiger partial charge in [0.2, 0.25) is 0 Å². The van der Waals surface area contributed by atoms with Gasteiger partial charge in [-0.05, 0) is 59.0 Å². The van der Waals surface area contributed by atoms with E-state index in [0.29, 0.717) is 11.6 Å². The summed E-state index contributed by atoms with van der Waals surface area (Å²) in [6, 6.07) is 11.3. The van der Waals surface area contributed by atoms with Crippen molar-refractivity contribution in [1.82, 2.24) is 4.98 Å². The fourth-order valence-corrected chi connectivity index (χ4v) is 2.69. The Bertz CT molecular complexity index is 670. The highest BCUT2D eigenvalue weighted by atomic mass is 127. The first-order valence-corrected chi connectivity index (χ1v) is 8.75. The third-order valence-electron chi connectivity index (χ3n) is 3.58. The molecule has 0 aliphatic carbocycles. The maximum absolute atomic E-state index is 11.9. The van der Waals surface area contributed by atoms with Crippen LogP contribution in [0.15, 0.2) is 42.6 Å². The number of pyridine rings is 1. The van der Waals surface area contributed by atoms with Crippen LogP contribution < -0.4 is 15.0 Å². The molecule has 6 nitrogen and oxygen atoms in total. The van der Waals surface area contributed by atoms with E-state index in [-0.39, 0.29) is 12.5 Å². The Morgan fingerprint density at radius 3 is 2.62 bits per heavy atom. The van der Waals surface area contributed by atoms with Crippen molar-refractivity contribution in [3.05, 3.63) is 46.2 Å². The second-order valence-electron chi connectivity index (χ2n) is 5.29. The highest BCUT2D eigenvalue weighted by Gasteiger charge is 2.12. The molecule has 0 bridgehead atoms. The van der Waals surface area contributed by atoms with E-state index in [1.165, 1.54) is 0 Å². The molecule has 3 rings (SSSR count). The summed E-state index contributed by atoms with van der Waals surface area (Å²) in [6.45, 7) is 3.13. The highest BCUT2D eigenvalue weighted by molar-refractivity contribution is 14.1. The molecule has 126 valence electrons. The number of amides is 1. The van der Waals surface area contributed by atoms with Crippen LogP contribution in [0.3, 0.4) is 0 Å². The van der Waals surface area contributed by atoms with Gasteiger partial charge in [-0.15, -0.1) is 0 Å². The molecule has 1 amide bonds. The van der Waals surface area contributed by atoms with Crippen LogP contribution >= 0.6 is 22.6 Å². The summed E-state index contributed by atoms with van der Waals surface area (Å²) in [5.41, 5.74) is 1.03. The average Bonchev–Trinajstić information content (AvgIpc) is 2.63. The quantitative estimate of drug-likeness (QED) is 0.726. The van der Waals surface area contributed by atoms with E-state index >= 15 is 0 Å². The summed E-state index contributed by atoms with van der Waals surface area (Å²) in [5.74, 6) is 0.949. The molecule has 1 aliphatic rings. The smallest absolute Gasteiger partial charge is 0.263 e. The zero-order chi connectivity index (χ0) is 16.8. The van der Waals surface area contributed by atoms with Gasteiger partial charge in [-0.3, -0.25) is 4.79 Å². The van der Waals surface area contributed by atoms with Crippen LogP contribution in [0.2, 0.25) is 0 Å². The number of anilines is 2. The Labute approximate surface area is 154 Å². The Hall–Kier alpha value is -1.87. The summed E-state index contributed by atoms with van der Waals surface area (Å²) < 4.78 is 11.9. The Kier molecular flexibility index (Phi) is 5.86. The van der Waals surface area contributed by atoms with Gasteiger partial charge < -0.3 is 19.7 Å². The molecule has 0 saturated carbocycles. The zero-order valence-corrected chi connectivity index (χ0v) is 15.2. The fraction of sp³-hybridized carbons (Fsp3) is 0.294. The van der Waals surface area contributed by atoms with Crippen LogP contribution in [0.5, 0.6) is 5.75 Å². The third-order valence-corrected chi connectivity index (χ3v) is 4.29. The van der Waals surface area contributed by atoms with E-state index in [2.05, 4.69) is 37.8 Å². The van der Waals surface area contributed by atoms with Crippen LogP contribution in [0.1, 0.15) is 0 Å². The maximum Gasteiger partial charge on any atom is 0.263 e. The SMILES string of the molecule is O=C(COc1ccc(I)cc1)Nc1ccc(N2CCOCC2)cn1. The van der Waals surface area contributed by atoms with Crippen LogP contribution in [0.4, 0.5) is 11.5 Å². The molecule has 1 aromatic carbocycles. The molecule has 0 spiro atoms. The second-order valence-corrected chi connectivity index (χ2v) is 6.54. The highest BCUT2D eigenvalue weighted by Crippen LogP contribution is 2.17. The maximum atomic E-state index is 11.9. The molecule has 1 aromatic heterocycles. The number of rotatable bonds is 5. The van der Waals surface area contributed by atoms with E-state index < -0.39 is 0 Å². The van der Waals surface area contributed by atoms with Gasteiger partial charge in [0.1, 0.15) is 11.6 Å². The molecule has 7 heteroatoms. The topological polar surface area (TPSA) is 63.7 Å². The van der Waals surface area contributed by atoms with Crippen LogP contribution in [0, 0.1) is 3.57 Å². The number of morpholine rings is 1. The largest absolute Gasteiger partial charge is 0.484 e. The molecule has 1 saturated heterocycles. The lowest BCUT2D eigenvalue weighted by molar-refractivity contribution is -0.118. The van der Waals surface area contributed by atoms with Crippen molar-refractivity contribution < 1.29 is 14.3 Å². The summed E-state index contributed by atoms with van der Waals surface area (Å²) in [4.78, 5) is 18.4.